The van der Waals surface area contributed by atoms with E-state index in [9.17, 15) is 9.59 Å². The standard InChI is InChI=1S/C8H9ClO4/c1-4(2)3-5-6(7(9)10)13-8(11)12-5/h4H,3H2,1-2H3. The molecule has 0 saturated carbocycles. The molecular weight excluding hydrogens is 196 g/mol. The minimum Gasteiger partial charge on any atom is -0.395 e. The van der Waals surface area contributed by atoms with Crippen LogP contribution in [0.15, 0.2) is 13.6 Å². The quantitative estimate of drug-likeness (QED) is 0.705. The Balaban J connectivity index is 3.04. The van der Waals surface area contributed by atoms with Gasteiger partial charge in [0.2, 0.25) is 5.76 Å². The van der Waals surface area contributed by atoms with E-state index in [1.165, 1.54) is 0 Å². The van der Waals surface area contributed by atoms with Crippen LogP contribution in [0, 0.1) is 5.92 Å². The highest BCUT2D eigenvalue weighted by atomic mass is 35.5. The van der Waals surface area contributed by atoms with Crippen molar-refractivity contribution in [1.29, 1.82) is 0 Å². The SMILES string of the molecule is CC(C)Cc1oc(=O)oc1C(=O)Cl. The third-order valence-corrected chi connectivity index (χ3v) is 1.59. The Hall–Kier alpha value is -1.03. The number of carbonyl (C=O) groups is 1. The van der Waals surface area contributed by atoms with Crippen LogP contribution < -0.4 is 5.82 Å². The lowest BCUT2D eigenvalue weighted by molar-refractivity contribution is 0.105. The van der Waals surface area contributed by atoms with E-state index in [1.807, 2.05) is 13.8 Å². The van der Waals surface area contributed by atoms with E-state index in [0.717, 1.165) is 0 Å². The highest BCUT2D eigenvalue weighted by Crippen LogP contribution is 2.14. The molecule has 1 aromatic heterocycles. The molecule has 0 N–H and O–H groups in total. The van der Waals surface area contributed by atoms with Gasteiger partial charge in [0, 0.05) is 6.42 Å². The van der Waals surface area contributed by atoms with E-state index < -0.39 is 11.1 Å². The van der Waals surface area contributed by atoms with E-state index in [-0.39, 0.29) is 17.4 Å². The fourth-order valence-electron chi connectivity index (χ4n) is 0.963. The molecule has 0 atom stereocenters. The first-order chi connectivity index (χ1) is 6.00. The van der Waals surface area contributed by atoms with E-state index in [4.69, 9.17) is 11.6 Å². The summed E-state index contributed by atoms with van der Waals surface area (Å²) in [6.07, 6.45) is 0.458. The van der Waals surface area contributed by atoms with Gasteiger partial charge in [0.1, 0.15) is 0 Å². The van der Waals surface area contributed by atoms with E-state index >= 15 is 0 Å². The first kappa shape index (κ1) is 10.1. The van der Waals surface area contributed by atoms with Gasteiger partial charge in [0.25, 0.3) is 5.24 Å². The van der Waals surface area contributed by atoms with Gasteiger partial charge >= 0.3 is 5.82 Å². The highest BCUT2D eigenvalue weighted by molar-refractivity contribution is 6.67. The van der Waals surface area contributed by atoms with Gasteiger partial charge in [-0.25, -0.2) is 4.79 Å². The van der Waals surface area contributed by atoms with Gasteiger partial charge in [0.05, 0.1) is 0 Å². The molecule has 0 radical (unpaired) electrons. The van der Waals surface area contributed by atoms with Crippen LogP contribution in [0.3, 0.4) is 0 Å². The van der Waals surface area contributed by atoms with Crippen molar-refractivity contribution in [3.63, 3.8) is 0 Å². The molecule has 1 rings (SSSR count). The zero-order valence-corrected chi connectivity index (χ0v) is 8.05. The predicted molar refractivity (Wildman–Crippen MR) is 46.0 cm³/mol. The Labute approximate surface area is 79.5 Å². The number of hydrogen-bond acceptors (Lipinski definition) is 4. The van der Waals surface area contributed by atoms with Crippen LogP contribution >= 0.6 is 11.6 Å². The van der Waals surface area contributed by atoms with Crippen molar-refractivity contribution < 1.29 is 13.6 Å². The summed E-state index contributed by atoms with van der Waals surface area (Å²) >= 11 is 5.17. The Morgan fingerprint density at radius 2 is 2.08 bits per heavy atom. The Morgan fingerprint density at radius 3 is 2.54 bits per heavy atom. The van der Waals surface area contributed by atoms with Crippen LogP contribution in [0.25, 0.3) is 0 Å². The van der Waals surface area contributed by atoms with Crippen molar-refractivity contribution in [3.05, 3.63) is 22.1 Å². The molecule has 0 aliphatic carbocycles. The molecule has 13 heavy (non-hydrogen) atoms. The minimum atomic E-state index is -0.889. The lowest BCUT2D eigenvalue weighted by atomic mass is 10.1. The third-order valence-electron chi connectivity index (χ3n) is 1.42. The van der Waals surface area contributed by atoms with E-state index in [1.54, 1.807) is 0 Å². The van der Waals surface area contributed by atoms with Crippen molar-refractivity contribution in [1.82, 2.24) is 0 Å². The second kappa shape index (κ2) is 3.79. The normalized spacial score (nSPS) is 10.8. The van der Waals surface area contributed by atoms with Crippen molar-refractivity contribution in [2.75, 3.05) is 0 Å². The van der Waals surface area contributed by atoms with Gasteiger partial charge < -0.3 is 8.83 Å². The van der Waals surface area contributed by atoms with E-state index in [0.29, 0.717) is 6.42 Å². The summed E-state index contributed by atoms with van der Waals surface area (Å²) in [5.41, 5.74) is 0. The van der Waals surface area contributed by atoms with Crippen molar-refractivity contribution in [3.8, 4) is 0 Å². The van der Waals surface area contributed by atoms with Gasteiger partial charge in [-0.15, -0.1) is 0 Å². The Bertz CT molecular complexity index is 360. The molecule has 0 unspecified atom stereocenters. The molecule has 0 bridgehead atoms. The fraction of sp³-hybridized carbons (Fsp3) is 0.500. The maximum Gasteiger partial charge on any atom is 0.519 e. The highest BCUT2D eigenvalue weighted by Gasteiger charge is 2.19. The van der Waals surface area contributed by atoms with Crippen molar-refractivity contribution in [2.24, 2.45) is 5.92 Å². The lowest BCUT2D eigenvalue weighted by Gasteiger charge is -1.98. The molecule has 0 fully saturated rings. The second-order valence-corrected chi connectivity index (χ2v) is 3.42. The minimum absolute atomic E-state index is 0.180. The number of rotatable bonds is 3. The smallest absolute Gasteiger partial charge is 0.395 e. The van der Waals surface area contributed by atoms with Crippen LogP contribution in [-0.4, -0.2) is 5.24 Å². The predicted octanol–water partition coefficient (Wildman–Crippen LogP) is 1.81. The van der Waals surface area contributed by atoms with E-state index in [2.05, 4.69) is 8.83 Å². The zero-order valence-electron chi connectivity index (χ0n) is 7.30. The molecule has 4 nitrogen and oxygen atoms in total. The summed E-state index contributed by atoms with van der Waals surface area (Å²) in [5.74, 6) is -0.587. The molecule has 72 valence electrons. The summed E-state index contributed by atoms with van der Waals surface area (Å²) in [7, 11) is 0. The van der Waals surface area contributed by atoms with Gasteiger partial charge in [-0.1, -0.05) is 13.8 Å². The first-order valence-corrected chi connectivity index (χ1v) is 4.21. The monoisotopic (exact) mass is 204 g/mol. The Kier molecular flexibility index (Phi) is 2.93. The molecular formula is C8H9ClO4. The molecule has 5 heteroatoms. The van der Waals surface area contributed by atoms with Gasteiger partial charge in [0.15, 0.2) is 5.76 Å². The first-order valence-electron chi connectivity index (χ1n) is 3.83. The molecule has 1 heterocycles. The van der Waals surface area contributed by atoms with Crippen LogP contribution in [0.5, 0.6) is 0 Å². The average molecular weight is 205 g/mol. The third kappa shape index (κ3) is 2.45. The summed E-state index contributed by atoms with van der Waals surface area (Å²) < 4.78 is 9.13. The molecule has 0 aliphatic rings. The van der Waals surface area contributed by atoms with Crippen LogP contribution in [0.1, 0.15) is 30.2 Å². The molecule has 0 spiro atoms. The van der Waals surface area contributed by atoms with Gasteiger partial charge in [-0.2, -0.15) is 0 Å². The fourth-order valence-corrected chi connectivity index (χ4v) is 1.11. The summed E-state index contributed by atoms with van der Waals surface area (Å²) in [6.45, 7) is 3.85. The molecule has 0 aliphatic heterocycles. The lowest BCUT2D eigenvalue weighted by Crippen LogP contribution is -1.98. The molecule has 0 saturated heterocycles. The van der Waals surface area contributed by atoms with Crippen LogP contribution in [-0.2, 0) is 6.42 Å². The maximum atomic E-state index is 10.7. The summed E-state index contributed by atoms with van der Waals surface area (Å²) in [6, 6.07) is 0. The second-order valence-electron chi connectivity index (χ2n) is 3.08. The number of hydrogen-bond donors (Lipinski definition) is 0. The molecule has 1 aromatic rings. The zero-order chi connectivity index (χ0) is 10.0. The topological polar surface area (TPSA) is 60.4 Å². The average Bonchev–Trinajstić information content (AvgIpc) is 2.29. The number of halogens is 1. The Morgan fingerprint density at radius 1 is 1.46 bits per heavy atom. The summed E-state index contributed by atoms with van der Waals surface area (Å²) in [4.78, 5) is 21.4. The van der Waals surface area contributed by atoms with Crippen molar-refractivity contribution in [2.45, 2.75) is 20.3 Å². The largest absolute Gasteiger partial charge is 0.519 e. The van der Waals surface area contributed by atoms with Gasteiger partial charge in [-0.05, 0) is 17.5 Å². The summed E-state index contributed by atoms with van der Waals surface area (Å²) in [5, 5.41) is -0.804. The van der Waals surface area contributed by atoms with Crippen molar-refractivity contribution >= 4 is 16.8 Å². The van der Waals surface area contributed by atoms with Crippen LogP contribution in [0.4, 0.5) is 0 Å². The van der Waals surface area contributed by atoms with Crippen LogP contribution in [0.2, 0.25) is 0 Å². The molecule has 0 aromatic carbocycles. The van der Waals surface area contributed by atoms with Gasteiger partial charge in [-0.3, -0.25) is 4.79 Å². The molecule has 0 amide bonds. The maximum absolute atomic E-state index is 10.7. The number of carbonyl (C=O) groups excluding carboxylic acids is 1.